The first-order valence-electron chi connectivity index (χ1n) is 6.73. The van der Waals surface area contributed by atoms with Crippen LogP contribution in [0.4, 0.5) is 0 Å². The Bertz CT molecular complexity index is 460. The molecule has 0 radical (unpaired) electrons. The fourth-order valence-electron chi connectivity index (χ4n) is 2.45. The number of carbonyl (C=O) groups is 2. The van der Waals surface area contributed by atoms with Crippen LogP contribution >= 0.6 is 0 Å². The molecule has 3 N–H and O–H groups in total. The lowest BCUT2D eigenvalue weighted by molar-refractivity contribution is -0.142. The highest BCUT2D eigenvalue weighted by Crippen LogP contribution is 2.23. The van der Waals surface area contributed by atoms with Crippen LogP contribution in [0.25, 0.3) is 0 Å². The van der Waals surface area contributed by atoms with Crippen molar-refractivity contribution >= 4 is 11.9 Å². The summed E-state index contributed by atoms with van der Waals surface area (Å²) in [5.74, 6) is -1.57. The molecule has 0 bridgehead atoms. The van der Waals surface area contributed by atoms with Gasteiger partial charge in [0.1, 0.15) is 6.04 Å². The van der Waals surface area contributed by atoms with Crippen molar-refractivity contribution in [3.05, 3.63) is 18.2 Å². The number of imidazole rings is 1. The van der Waals surface area contributed by atoms with E-state index in [4.69, 9.17) is 4.74 Å². The zero-order valence-corrected chi connectivity index (χ0v) is 11.3. The van der Waals surface area contributed by atoms with Crippen molar-refractivity contribution in [1.29, 1.82) is 0 Å². The van der Waals surface area contributed by atoms with Crippen LogP contribution in [0, 0.1) is 5.92 Å². The van der Waals surface area contributed by atoms with Gasteiger partial charge in [0, 0.05) is 24.9 Å². The molecule has 1 aromatic rings. The second-order valence-corrected chi connectivity index (χ2v) is 4.89. The van der Waals surface area contributed by atoms with E-state index in [1.165, 1.54) is 6.33 Å². The second kappa shape index (κ2) is 6.51. The molecule has 110 valence electrons. The van der Waals surface area contributed by atoms with Gasteiger partial charge >= 0.3 is 5.97 Å². The molecule has 2 unspecified atom stereocenters. The van der Waals surface area contributed by atoms with Gasteiger partial charge in [-0.3, -0.25) is 4.79 Å². The summed E-state index contributed by atoms with van der Waals surface area (Å²) in [6, 6.07) is -0.957. The molecule has 0 aromatic carbocycles. The maximum Gasteiger partial charge on any atom is 0.326 e. The third-order valence-electron chi connectivity index (χ3n) is 3.54. The number of aromatic nitrogens is 2. The van der Waals surface area contributed by atoms with Crippen molar-refractivity contribution in [3.8, 4) is 0 Å². The summed E-state index contributed by atoms with van der Waals surface area (Å²) < 4.78 is 5.46. The van der Waals surface area contributed by atoms with E-state index < -0.39 is 12.0 Å². The molecule has 7 nitrogen and oxygen atoms in total. The minimum atomic E-state index is -1.06. The predicted octanol–water partition coefficient (Wildman–Crippen LogP) is 0.337. The maximum absolute atomic E-state index is 12.2. The summed E-state index contributed by atoms with van der Waals surface area (Å²) >= 11 is 0. The highest BCUT2D eigenvalue weighted by atomic mass is 16.5. The number of ether oxygens (including phenoxy) is 1. The Morgan fingerprint density at radius 1 is 1.65 bits per heavy atom. The number of rotatable bonds is 6. The Labute approximate surface area is 116 Å². The van der Waals surface area contributed by atoms with Crippen molar-refractivity contribution in [2.45, 2.75) is 38.3 Å². The van der Waals surface area contributed by atoms with Crippen LogP contribution in [0.5, 0.6) is 0 Å². The van der Waals surface area contributed by atoms with E-state index in [2.05, 4.69) is 15.3 Å². The lowest BCUT2D eigenvalue weighted by Gasteiger charge is -2.20. The van der Waals surface area contributed by atoms with Gasteiger partial charge in [0.15, 0.2) is 0 Å². The Morgan fingerprint density at radius 2 is 2.45 bits per heavy atom. The van der Waals surface area contributed by atoms with Crippen LogP contribution in [-0.4, -0.2) is 45.7 Å². The topological polar surface area (TPSA) is 104 Å². The molecule has 0 spiro atoms. The molecule has 3 atom stereocenters. The van der Waals surface area contributed by atoms with Crippen LogP contribution < -0.4 is 5.32 Å². The number of carboxylic acids is 1. The van der Waals surface area contributed by atoms with E-state index in [1.54, 1.807) is 6.20 Å². The molecule has 1 amide bonds. The molecule has 1 aliphatic heterocycles. The molecule has 0 aliphatic carbocycles. The highest BCUT2D eigenvalue weighted by molar-refractivity contribution is 5.85. The molecule has 2 heterocycles. The zero-order valence-electron chi connectivity index (χ0n) is 11.3. The average Bonchev–Trinajstić information content (AvgIpc) is 3.08. The van der Waals surface area contributed by atoms with Gasteiger partial charge in [-0.15, -0.1) is 0 Å². The fourth-order valence-corrected chi connectivity index (χ4v) is 2.45. The van der Waals surface area contributed by atoms with Crippen LogP contribution in [0.15, 0.2) is 12.5 Å². The Hall–Kier alpha value is -1.89. The largest absolute Gasteiger partial charge is 0.480 e. The van der Waals surface area contributed by atoms with Gasteiger partial charge in [-0.2, -0.15) is 0 Å². The molecule has 1 aliphatic rings. The van der Waals surface area contributed by atoms with Crippen LogP contribution in [0.1, 0.15) is 25.5 Å². The summed E-state index contributed by atoms with van der Waals surface area (Å²) in [4.78, 5) is 30.1. The summed E-state index contributed by atoms with van der Waals surface area (Å²) in [5.41, 5.74) is 0.674. The second-order valence-electron chi connectivity index (χ2n) is 4.89. The average molecular weight is 281 g/mol. The quantitative estimate of drug-likeness (QED) is 0.697. The van der Waals surface area contributed by atoms with Gasteiger partial charge in [0.05, 0.1) is 18.3 Å². The molecule has 1 aromatic heterocycles. The van der Waals surface area contributed by atoms with Crippen molar-refractivity contribution < 1.29 is 19.4 Å². The Morgan fingerprint density at radius 3 is 3.05 bits per heavy atom. The number of hydrogen-bond donors (Lipinski definition) is 3. The number of aromatic amines is 1. The molecule has 20 heavy (non-hydrogen) atoms. The predicted molar refractivity (Wildman–Crippen MR) is 70.0 cm³/mol. The molecule has 7 heteroatoms. The number of carboxylic acid groups (broad SMARTS) is 1. The Balaban J connectivity index is 1.97. The summed E-state index contributed by atoms with van der Waals surface area (Å²) in [6.45, 7) is 2.50. The molecule has 1 fully saturated rings. The van der Waals surface area contributed by atoms with Crippen molar-refractivity contribution in [2.75, 3.05) is 6.61 Å². The number of aliphatic carboxylic acids is 1. The fraction of sp³-hybridized carbons (Fsp3) is 0.615. The van der Waals surface area contributed by atoms with E-state index in [-0.39, 0.29) is 24.3 Å². The minimum absolute atomic E-state index is 0.114. The van der Waals surface area contributed by atoms with Crippen molar-refractivity contribution in [3.63, 3.8) is 0 Å². The van der Waals surface area contributed by atoms with Gasteiger partial charge in [0.2, 0.25) is 5.91 Å². The van der Waals surface area contributed by atoms with Crippen LogP contribution in [0.2, 0.25) is 0 Å². The first-order valence-corrected chi connectivity index (χ1v) is 6.73. The summed E-state index contributed by atoms with van der Waals surface area (Å²) in [5, 5.41) is 11.8. The summed E-state index contributed by atoms with van der Waals surface area (Å²) in [6.07, 6.45) is 4.49. The smallest absolute Gasteiger partial charge is 0.326 e. The van der Waals surface area contributed by atoms with E-state index >= 15 is 0 Å². The molecule has 0 saturated carbocycles. The normalized spacial score (nSPS) is 23.4. The van der Waals surface area contributed by atoms with E-state index in [0.717, 1.165) is 6.42 Å². The van der Waals surface area contributed by atoms with E-state index in [9.17, 15) is 14.7 Å². The molecule has 2 rings (SSSR count). The minimum Gasteiger partial charge on any atom is -0.480 e. The van der Waals surface area contributed by atoms with Gasteiger partial charge in [0.25, 0.3) is 0 Å². The molecular formula is C13H19N3O4. The van der Waals surface area contributed by atoms with Gasteiger partial charge in [-0.25, -0.2) is 9.78 Å². The third-order valence-corrected chi connectivity index (χ3v) is 3.54. The van der Waals surface area contributed by atoms with Crippen molar-refractivity contribution in [2.24, 2.45) is 5.92 Å². The van der Waals surface area contributed by atoms with Crippen LogP contribution in [0.3, 0.4) is 0 Å². The van der Waals surface area contributed by atoms with Gasteiger partial charge < -0.3 is 20.1 Å². The monoisotopic (exact) mass is 281 g/mol. The first-order chi connectivity index (χ1) is 9.61. The molecule has 1 saturated heterocycles. The SMILES string of the molecule is CCC1OCCC1C(=O)N[C@@H](Cc1cnc[nH]1)C(=O)O. The van der Waals surface area contributed by atoms with Gasteiger partial charge in [-0.05, 0) is 12.8 Å². The van der Waals surface area contributed by atoms with Gasteiger partial charge in [-0.1, -0.05) is 6.92 Å². The zero-order chi connectivity index (χ0) is 14.5. The number of nitrogens with zero attached hydrogens (tertiary/aromatic N) is 1. The maximum atomic E-state index is 12.2. The summed E-state index contributed by atoms with van der Waals surface area (Å²) in [7, 11) is 0. The number of hydrogen-bond acceptors (Lipinski definition) is 4. The lowest BCUT2D eigenvalue weighted by atomic mass is 9.98. The lowest BCUT2D eigenvalue weighted by Crippen LogP contribution is -2.46. The van der Waals surface area contributed by atoms with E-state index in [0.29, 0.717) is 18.7 Å². The number of nitrogens with one attached hydrogen (secondary N) is 2. The Kier molecular flexibility index (Phi) is 4.73. The number of H-pyrrole nitrogens is 1. The number of carbonyl (C=O) groups excluding carboxylic acids is 1. The standard InChI is InChI=1S/C13H19N3O4/c1-2-11-9(3-4-20-11)12(17)16-10(13(18)19)5-8-6-14-7-15-8/h6-7,9-11H,2-5H2,1H3,(H,14,15)(H,16,17)(H,18,19)/t9?,10-,11?/m0/s1. The first kappa shape index (κ1) is 14.5. The van der Waals surface area contributed by atoms with Crippen LogP contribution in [-0.2, 0) is 20.7 Å². The van der Waals surface area contributed by atoms with Crippen molar-refractivity contribution in [1.82, 2.24) is 15.3 Å². The molecular weight excluding hydrogens is 262 g/mol. The number of amides is 1. The highest BCUT2D eigenvalue weighted by Gasteiger charge is 2.34. The van der Waals surface area contributed by atoms with E-state index in [1.807, 2.05) is 6.92 Å². The third kappa shape index (κ3) is 3.36.